The monoisotopic (exact) mass is 145 g/mol. The van der Waals surface area contributed by atoms with Crippen molar-refractivity contribution < 1.29 is 4.74 Å². The van der Waals surface area contributed by atoms with E-state index >= 15 is 0 Å². The molecule has 0 aliphatic rings. The van der Waals surface area contributed by atoms with Crippen LogP contribution in [-0.4, -0.2) is 18.2 Å². The lowest BCUT2D eigenvalue weighted by Crippen LogP contribution is -2.44. The van der Waals surface area contributed by atoms with Crippen LogP contribution in [0.5, 0.6) is 0 Å². The molecule has 62 valence electrons. The van der Waals surface area contributed by atoms with Crippen molar-refractivity contribution in [2.24, 2.45) is 5.73 Å². The summed E-state index contributed by atoms with van der Waals surface area (Å²) < 4.78 is 5.46. The van der Waals surface area contributed by atoms with Gasteiger partial charge in [-0.3, -0.25) is 0 Å². The predicted octanol–water partition coefficient (Wildman–Crippen LogP) is 1.54. The summed E-state index contributed by atoms with van der Waals surface area (Å²) in [6.07, 6.45) is 0.965. The van der Waals surface area contributed by atoms with E-state index in [0.29, 0.717) is 0 Å². The van der Waals surface area contributed by atoms with Gasteiger partial charge in [0.25, 0.3) is 0 Å². The second-order valence-corrected chi connectivity index (χ2v) is 3.05. The third-order valence-electron chi connectivity index (χ3n) is 1.85. The van der Waals surface area contributed by atoms with E-state index in [2.05, 4.69) is 6.92 Å². The van der Waals surface area contributed by atoms with Gasteiger partial charge in [-0.15, -0.1) is 0 Å². The van der Waals surface area contributed by atoms with Gasteiger partial charge in [0.1, 0.15) is 0 Å². The average molecular weight is 145 g/mol. The van der Waals surface area contributed by atoms with Crippen LogP contribution in [-0.2, 0) is 4.74 Å². The maximum absolute atomic E-state index is 5.81. The number of nitrogens with two attached hydrogens (primary N) is 1. The third-order valence-corrected chi connectivity index (χ3v) is 1.85. The zero-order valence-electron chi connectivity index (χ0n) is 7.48. The van der Waals surface area contributed by atoms with E-state index in [1.165, 1.54) is 0 Å². The van der Waals surface area contributed by atoms with Gasteiger partial charge in [-0.2, -0.15) is 0 Å². The molecule has 0 bridgehead atoms. The summed E-state index contributed by atoms with van der Waals surface area (Å²) in [5.74, 6) is 0. The summed E-state index contributed by atoms with van der Waals surface area (Å²) in [6, 6.07) is 0.146. The largest absolute Gasteiger partial charge is 0.374 e. The number of hydrogen-bond acceptors (Lipinski definition) is 2. The second kappa shape index (κ2) is 3.94. The third kappa shape index (κ3) is 2.67. The van der Waals surface area contributed by atoms with Gasteiger partial charge in [0.05, 0.1) is 5.60 Å². The molecule has 0 aliphatic heterocycles. The highest BCUT2D eigenvalue weighted by atomic mass is 16.5. The summed E-state index contributed by atoms with van der Waals surface area (Å²) in [7, 11) is 0. The standard InChI is InChI=1S/C8H19NO/c1-5-7(9)8(3,4)10-6-2/h7H,5-6,9H2,1-4H3/t7-/m0/s1. The van der Waals surface area contributed by atoms with Crippen LogP contribution in [0.3, 0.4) is 0 Å². The molecular formula is C8H19NO. The molecule has 0 aliphatic carbocycles. The second-order valence-electron chi connectivity index (χ2n) is 3.05. The van der Waals surface area contributed by atoms with E-state index in [1.54, 1.807) is 0 Å². The minimum Gasteiger partial charge on any atom is -0.374 e. The molecule has 0 fully saturated rings. The van der Waals surface area contributed by atoms with Gasteiger partial charge in [-0.25, -0.2) is 0 Å². The molecule has 0 amide bonds. The Morgan fingerprint density at radius 2 is 1.90 bits per heavy atom. The molecule has 0 heterocycles. The number of hydrogen-bond donors (Lipinski definition) is 1. The van der Waals surface area contributed by atoms with Gasteiger partial charge in [-0.1, -0.05) is 6.92 Å². The summed E-state index contributed by atoms with van der Waals surface area (Å²) >= 11 is 0. The summed E-state index contributed by atoms with van der Waals surface area (Å²) in [5, 5.41) is 0. The molecule has 0 saturated carbocycles. The lowest BCUT2D eigenvalue weighted by molar-refractivity contribution is -0.0296. The van der Waals surface area contributed by atoms with Crippen molar-refractivity contribution >= 4 is 0 Å². The highest BCUT2D eigenvalue weighted by molar-refractivity contribution is 4.81. The van der Waals surface area contributed by atoms with E-state index in [4.69, 9.17) is 10.5 Å². The first-order chi connectivity index (χ1) is 4.54. The molecule has 0 saturated heterocycles. The fraction of sp³-hybridized carbons (Fsp3) is 1.00. The van der Waals surface area contributed by atoms with Gasteiger partial charge < -0.3 is 10.5 Å². The predicted molar refractivity (Wildman–Crippen MR) is 44.0 cm³/mol. The first kappa shape index (κ1) is 9.92. The van der Waals surface area contributed by atoms with Gasteiger partial charge >= 0.3 is 0 Å². The summed E-state index contributed by atoms with van der Waals surface area (Å²) in [6.45, 7) is 8.87. The van der Waals surface area contributed by atoms with Gasteiger partial charge in [-0.05, 0) is 27.2 Å². The molecular weight excluding hydrogens is 126 g/mol. The summed E-state index contributed by atoms with van der Waals surface area (Å²) in [5.41, 5.74) is 5.65. The Morgan fingerprint density at radius 1 is 1.40 bits per heavy atom. The highest BCUT2D eigenvalue weighted by Crippen LogP contribution is 2.14. The maximum Gasteiger partial charge on any atom is 0.0776 e. The van der Waals surface area contributed by atoms with Crippen LogP contribution in [0.25, 0.3) is 0 Å². The van der Waals surface area contributed by atoms with Crippen molar-refractivity contribution in [3.05, 3.63) is 0 Å². The van der Waals surface area contributed by atoms with Crippen LogP contribution in [0.2, 0.25) is 0 Å². The molecule has 0 aromatic rings. The molecule has 0 unspecified atom stereocenters. The van der Waals surface area contributed by atoms with E-state index in [-0.39, 0.29) is 11.6 Å². The molecule has 1 atom stereocenters. The molecule has 2 nitrogen and oxygen atoms in total. The van der Waals surface area contributed by atoms with Crippen molar-refractivity contribution in [1.29, 1.82) is 0 Å². The molecule has 0 aromatic heterocycles. The lowest BCUT2D eigenvalue weighted by Gasteiger charge is -2.30. The Morgan fingerprint density at radius 3 is 2.20 bits per heavy atom. The van der Waals surface area contributed by atoms with Crippen LogP contribution in [0, 0.1) is 0 Å². The van der Waals surface area contributed by atoms with Crippen molar-refractivity contribution in [2.75, 3.05) is 6.61 Å². The molecule has 10 heavy (non-hydrogen) atoms. The molecule has 2 N–H and O–H groups in total. The smallest absolute Gasteiger partial charge is 0.0776 e. The SMILES string of the molecule is CCOC(C)(C)[C@@H](N)CC. The quantitative estimate of drug-likeness (QED) is 0.651. The minimum atomic E-state index is -0.163. The zero-order chi connectivity index (χ0) is 8.20. The topological polar surface area (TPSA) is 35.2 Å². The van der Waals surface area contributed by atoms with Crippen LogP contribution in [0.1, 0.15) is 34.1 Å². The first-order valence-electron chi connectivity index (χ1n) is 3.94. The van der Waals surface area contributed by atoms with E-state index in [1.807, 2.05) is 20.8 Å². The van der Waals surface area contributed by atoms with E-state index in [0.717, 1.165) is 13.0 Å². The van der Waals surface area contributed by atoms with Crippen LogP contribution in [0.4, 0.5) is 0 Å². The normalized spacial score (nSPS) is 15.3. The lowest BCUT2D eigenvalue weighted by atomic mass is 9.97. The van der Waals surface area contributed by atoms with E-state index in [9.17, 15) is 0 Å². The van der Waals surface area contributed by atoms with Crippen LogP contribution in [0.15, 0.2) is 0 Å². The maximum atomic E-state index is 5.81. The zero-order valence-corrected chi connectivity index (χ0v) is 7.48. The molecule has 2 heteroatoms. The van der Waals surface area contributed by atoms with Gasteiger partial charge in [0, 0.05) is 12.6 Å². The van der Waals surface area contributed by atoms with Gasteiger partial charge in [0.2, 0.25) is 0 Å². The average Bonchev–Trinajstić information content (AvgIpc) is 1.86. The van der Waals surface area contributed by atoms with Crippen molar-refractivity contribution in [1.82, 2.24) is 0 Å². The summed E-state index contributed by atoms with van der Waals surface area (Å²) in [4.78, 5) is 0. The molecule has 0 radical (unpaired) electrons. The van der Waals surface area contributed by atoms with Crippen molar-refractivity contribution in [2.45, 2.75) is 45.8 Å². The Labute approximate surface area is 63.7 Å². The first-order valence-corrected chi connectivity index (χ1v) is 3.94. The Bertz CT molecular complexity index is 91.3. The number of ether oxygens (including phenoxy) is 1. The Kier molecular flexibility index (Phi) is 3.91. The number of rotatable bonds is 4. The minimum absolute atomic E-state index is 0.146. The fourth-order valence-electron chi connectivity index (χ4n) is 0.971. The van der Waals surface area contributed by atoms with Crippen LogP contribution >= 0.6 is 0 Å². The molecule has 0 spiro atoms. The fourth-order valence-corrected chi connectivity index (χ4v) is 0.971. The molecule has 0 aromatic carbocycles. The highest BCUT2D eigenvalue weighted by Gasteiger charge is 2.24. The Balaban J connectivity index is 3.82. The van der Waals surface area contributed by atoms with Gasteiger partial charge in [0.15, 0.2) is 0 Å². The van der Waals surface area contributed by atoms with Crippen molar-refractivity contribution in [3.8, 4) is 0 Å². The van der Waals surface area contributed by atoms with Crippen molar-refractivity contribution in [3.63, 3.8) is 0 Å². The van der Waals surface area contributed by atoms with E-state index < -0.39 is 0 Å². The van der Waals surface area contributed by atoms with Crippen LogP contribution < -0.4 is 5.73 Å². The molecule has 0 rings (SSSR count). The Hall–Kier alpha value is -0.0800.